The summed E-state index contributed by atoms with van der Waals surface area (Å²) in [7, 11) is 2.20. The number of amides is 1. The van der Waals surface area contributed by atoms with Crippen molar-refractivity contribution >= 4 is 5.91 Å². The molecule has 5 nitrogen and oxygen atoms in total. The summed E-state index contributed by atoms with van der Waals surface area (Å²) in [5.74, 6) is 0.205. The van der Waals surface area contributed by atoms with Crippen LogP contribution in [0.3, 0.4) is 0 Å². The van der Waals surface area contributed by atoms with Crippen molar-refractivity contribution in [3.8, 4) is 0 Å². The van der Waals surface area contributed by atoms with Gasteiger partial charge in [-0.1, -0.05) is 12.8 Å². The summed E-state index contributed by atoms with van der Waals surface area (Å²) >= 11 is 0. The van der Waals surface area contributed by atoms with Crippen LogP contribution in [0.15, 0.2) is 0 Å². The van der Waals surface area contributed by atoms with Gasteiger partial charge in [0, 0.05) is 32.2 Å². The fourth-order valence-corrected chi connectivity index (χ4v) is 3.13. The van der Waals surface area contributed by atoms with Crippen molar-refractivity contribution < 1.29 is 9.53 Å². The third kappa shape index (κ3) is 4.43. The molecule has 1 unspecified atom stereocenters. The Morgan fingerprint density at radius 3 is 2.65 bits per heavy atom. The van der Waals surface area contributed by atoms with E-state index in [1.54, 1.807) is 0 Å². The highest BCUT2D eigenvalue weighted by Crippen LogP contribution is 2.21. The fraction of sp³-hybridized carbons (Fsp3) is 0.933. The van der Waals surface area contributed by atoms with Gasteiger partial charge in [0.15, 0.2) is 0 Å². The molecule has 1 N–H and O–H groups in total. The van der Waals surface area contributed by atoms with Crippen molar-refractivity contribution in [3.05, 3.63) is 0 Å². The van der Waals surface area contributed by atoms with E-state index in [9.17, 15) is 4.79 Å². The molecule has 0 bridgehead atoms. The highest BCUT2D eigenvalue weighted by atomic mass is 16.5. The van der Waals surface area contributed by atoms with E-state index in [-0.39, 0.29) is 11.9 Å². The lowest BCUT2D eigenvalue weighted by molar-refractivity contribution is -0.137. The Kier molecular flexibility index (Phi) is 6.26. The number of likely N-dealkylation sites (N-methyl/N-ethyl adjacent to an activating group) is 1. The molecule has 0 aromatic heterocycles. The molecule has 1 amide bonds. The van der Waals surface area contributed by atoms with Gasteiger partial charge in [-0.2, -0.15) is 0 Å². The van der Waals surface area contributed by atoms with E-state index in [1.807, 2.05) is 11.8 Å². The Bertz CT molecular complexity index is 299. The number of nitrogens with zero attached hydrogens (tertiary/aromatic N) is 2. The Morgan fingerprint density at radius 2 is 2.00 bits per heavy atom. The standard InChI is InChI=1S/C15H29N3O2/c1-13(15(19)18-9-11-20-12-10-18)16-7-8-17(2)14-5-3-4-6-14/h13-14,16H,3-12H2,1-2H3. The summed E-state index contributed by atoms with van der Waals surface area (Å²) in [6.45, 7) is 6.66. The molecule has 116 valence electrons. The molecule has 1 aliphatic carbocycles. The largest absolute Gasteiger partial charge is 0.378 e. The molecule has 0 aromatic carbocycles. The molecule has 5 heteroatoms. The molecule has 2 fully saturated rings. The molecular formula is C15H29N3O2. The SMILES string of the molecule is CC(NCCN(C)C1CCCC1)C(=O)N1CCOCC1. The minimum Gasteiger partial charge on any atom is -0.378 e. The van der Waals surface area contributed by atoms with E-state index in [0.717, 1.165) is 32.2 Å². The predicted octanol–water partition coefficient (Wildman–Crippen LogP) is 0.698. The van der Waals surface area contributed by atoms with Crippen molar-refractivity contribution in [1.29, 1.82) is 0 Å². The van der Waals surface area contributed by atoms with Gasteiger partial charge in [0.05, 0.1) is 19.3 Å². The maximum Gasteiger partial charge on any atom is 0.239 e. The minimum absolute atomic E-state index is 0.0925. The summed E-state index contributed by atoms with van der Waals surface area (Å²) in [6, 6.07) is 0.659. The molecule has 1 saturated carbocycles. The van der Waals surface area contributed by atoms with Crippen LogP contribution in [0.25, 0.3) is 0 Å². The summed E-state index contributed by atoms with van der Waals surface area (Å²) in [6.07, 6.45) is 5.40. The van der Waals surface area contributed by atoms with E-state index in [2.05, 4.69) is 17.3 Å². The lowest BCUT2D eigenvalue weighted by Gasteiger charge is -2.30. The lowest BCUT2D eigenvalue weighted by atomic mass is 10.2. The highest BCUT2D eigenvalue weighted by molar-refractivity contribution is 5.81. The number of ether oxygens (including phenoxy) is 1. The van der Waals surface area contributed by atoms with E-state index in [1.165, 1.54) is 25.7 Å². The van der Waals surface area contributed by atoms with Crippen LogP contribution in [-0.2, 0) is 9.53 Å². The second-order valence-electron chi connectivity index (χ2n) is 6.03. The normalized spacial score (nSPS) is 22.4. The van der Waals surface area contributed by atoms with E-state index >= 15 is 0 Å². The van der Waals surface area contributed by atoms with Gasteiger partial charge in [0.2, 0.25) is 5.91 Å². The second-order valence-corrected chi connectivity index (χ2v) is 6.03. The minimum atomic E-state index is -0.0925. The molecule has 0 spiro atoms. The predicted molar refractivity (Wildman–Crippen MR) is 79.7 cm³/mol. The Hall–Kier alpha value is -0.650. The molecule has 20 heavy (non-hydrogen) atoms. The summed E-state index contributed by atoms with van der Waals surface area (Å²) in [5, 5.41) is 3.36. The quantitative estimate of drug-likeness (QED) is 0.779. The molecule has 1 aliphatic heterocycles. The molecule has 2 aliphatic rings. The topological polar surface area (TPSA) is 44.8 Å². The van der Waals surface area contributed by atoms with E-state index < -0.39 is 0 Å². The van der Waals surface area contributed by atoms with Crippen molar-refractivity contribution in [2.75, 3.05) is 46.4 Å². The number of morpholine rings is 1. The maximum absolute atomic E-state index is 12.2. The van der Waals surface area contributed by atoms with E-state index in [0.29, 0.717) is 13.2 Å². The Balaban J connectivity index is 1.63. The van der Waals surface area contributed by atoms with Crippen LogP contribution in [0.1, 0.15) is 32.6 Å². The Labute approximate surface area is 122 Å². The van der Waals surface area contributed by atoms with Crippen molar-refractivity contribution in [2.24, 2.45) is 0 Å². The molecule has 0 aromatic rings. The van der Waals surface area contributed by atoms with Gasteiger partial charge in [0.1, 0.15) is 0 Å². The summed E-state index contributed by atoms with van der Waals surface area (Å²) in [5.41, 5.74) is 0. The highest BCUT2D eigenvalue weighted by Gasteiger charge is 2.23. The number of hydrogen-bond acceptors (Lipinski definition) is 4. The summed E-state index contributed by atoms with van der Waals surface area (Å²) in [4.78, 5) is 16.6. The number of hydrogen-bond donors (Lipinski definition) is 1. The van der Waals surface area contributed by atoms with Gasteiger partial charge in [-0.25, -0.2) is 0 Å². The van der Waals surface area contributed by atoms with Crippen LogP contribution in [0.4, 0.5) is 0 Å². The van der Waals surface area contributed by atoms with Crippen LogP contribution in [0.5, 0.6) is 0 Å². The van der Waals surface area contributed by atoms with Crippen molar-refractivity contribution in [3.63, 3.8) is 0 Å². The van der Waals surface area contributed by atoms with Crippen LogP contribution in [0, 0.1) is 0 Å². The first-order valence-corrected chi connectivity index (χ1v) is 7.98. The maximum atomic E-state index is 12.2. The van der Waals surface area contributed by atoms with Crippen LogP contribution in [0.2, 0.25) is 0 Å². The van der Waals surface area contributed by atoms with Gasteiger partial charge in [-0.3, -0.25) is 4.79 Å². The smallest absolute Gasteiger partial charge is 0.239 e. The molecule has 0 radical (unpaired) electrons. The average molecular weight is 283 g/mol. The lowest BCUT2D eigenvalue weighted by Crippen LogP contribution is -2.50. The molecule has 1 saturated heterocycles. The van der Waals surface area contributed by atoms with Gasteiger partial charge in [-0.05, 0) is 26.8 Å². The summed E-state index contributed by atoms with van der Waals surface area (Å²) < 4.78 is 5.28. The first kappa shape index (κ1) is 15.7. The monoisotopic (exact) mass is 283 g/mol. The fourth-order valence-electron chi connectivity index (χ4n) is 3.13. The van der Waals surface area contributed by atoms with Gasteiger partial charge < -0.3 is 19.9 Å². The first-order valence-electron chi connectivity index (χ1n) is 7.98. The number of nitrogens with one attached hydrogen (secondary N) is 1. The van der Waals surface area contributed by atoms with Gasteiger partial charge >= 0.3 is 0 Å². The zero-order valence-corrected chi connectivity index (χ0v) is 12.9. The number of carbonyl (C=O) groups excluding carboxylic acids is 1. The molecular weight excluding hydrogens is 254 g/mol. The number of carbonyl (C=O) groups is 1. The third-order valence-electron chi connectivity index (χ3n) is 4.56. The van der Waals surface area contributed by atoms with Gasteiger partial charge in [-0.15, -0.1) is 0 Å². The third-order valence-corrected chi connectivity index (χ3v) is 4.56. The van der Waals surface area contributed by atoms with Crippen molar-refractivity contribution in [2.45, 2.75) is 44.7 Å². The zero-order valence-electron chi connectivity index (χ0n) is 12.9. The average Bonchev–Trinajstić information content (AvgIpc) is 3.01. The molecule has 2 rings (SSSR count). The van der Waals surface area contributed by atoms with Crippen LogP contribution < -0.4 is 5.32 Å². The zero-order chi connectivity index (χ0) is 14.4. The first-order chi connectivity index (χ1) is 9.68. The second kappa shape index (κ2) is 7.96. The van der Waals surface area contributed by atoms with Crippen LogP contribution in [-0.4, -0.2) is 74.2 Å². The van der Waals surface area contributed by atoms with E-state index in [4.69, 9.17) is 4.74 Å². The molecule has 1 atom stereocenters. The van der Waals surface area contributed by atoms with Crippen LogP contribution >= 0.6 is 0 Å². The van der Waals surface area contributed by atoms with Gasteiger partial charge in [0.25, 0.3) is 0 Å². The van der Waals surface area contributed by atoms with Crippen molar-refractivity contribution in [1.82, 2.24) is 15.1 Å². The number of rotatable bonds is 6. The molecule has 1 heterocycles. The Morgan fingerprint density at radius 1 is 1.35 bits per heavy atom.